The van der Waals surface area contributed by atoms with Crippen molar-refractivity contribution in [3.05, 3.63) is 42.0 Å². The molecule has 1 heterocycles. The number of carbonyl (C=O) groups is 1. The van der Waals surface area contributed by atoms with Crippen LogP contribution in [0.3, 0.4) is 0 Å². The van der Waals surface area contributed by atoms with Gasteiger partial charge in [0.1, 0.15) is 17.1 Å². The van der Waals surface area contributed by atoms with Crippen molar-refractivity contribution in [1.82, 2.24) is 15.3 Å². The molecule has 0 radical (unpaired) electrons. The van der Waals surface area contributed by atoms with Crippen LogP contribution < -0.4 is 15.8 Å². The Morgan fingerprint density at radius 2 is 2.35 bits per heavy atom. The van der Waals surface area contributed by atoms with Crippen molar-refractivity contribution in [1.29, 1.82) is 0 Å². The van der Waals surface area contributed by atoms with Crippen molar-refractivity contribution in [2.75, 3.05) is 18.9 Å². The third-order valence-electron chi connectivity index (χ3n) is 2.79. The summed E-state index contributed by atoms with van der Waals surface area (Å²) >= 11 is 0. The van der Waals surface area contributed by atoms with Crippen LogP contribution in [0.4, 0.5) is 5.69 Å². The summed E-state index contributed by atoms with van der Waals surface area (Å²) in [4.78, 5) is 19.3. The number of amides is 1. The van der Waals surface area contributed by atoms with Crippen LogP contribution >= 0.6 is 0 Å². The Labute approximate surface area is 117 Å². The highest BCUT2D eigenvalue weighted by Gasteiger charge is 2.15. The van der Waals surface area contributed by atoms with E-state index >= 15 is 0 Å². The van der Waals surface area contributed by atoms with Crippen LogP contribution in [0.15, 0.2) is 30.6 Å². The van der Waals surface area contributed by atoms with Crippen LogP contribution in [0.25, 0.3) is 0 Å². The third kappa shape index (κ3) is 3.28. The molecule has 0 spiro atoms. The Bertz CT molecular complexity index is 567. The summed E-state index contributed by atoms with van der Waals surface area (Å²) in [5.74, 6) is 1.09. The van der Waals surface area contributed by atoms with E-state index in [2.05, 4.69) is 15.3 Å². The van der Waals surface area contributed by atoms with Gasteiger partial charge >= 0.3 is 0 Å². The Hall–Kier alpha value is -2.50. The summed E-state index contributed by atoms with van der Waals surface area (Å²) < 4.78 is 5.43. The first-order valence-corrected chi connectivity index (χ1v) is 6.50. The molecule has 0 bridgehead atoms. The second-order valence-electron chi connectivity index (χ2n) is 4.20. The first-order chi connectivity index (χ1) is 9.72. The maximum absolute atomic E-state index is 12.2. The predicted octanol–water partition coefficient (Wildman–Crippen LogP) is 1.36. The number of hydrogen-bond acceptors (Lipinski definition) is 4. The quantitative estimate of drug-likeness (QED) is 0.693. The Morgan fingerprint density at radius 1 is 1.50 bits per heavy atom. The van der Waals surface area contributed by atoms with Gasteiger partial charge in [-0.3, -0.25) is 4.79 Å². The number of benzene rings is 1. The molecular formula is C14H18N4O2. The monoisotopic (exact) mass is 274 g/mol. The van der Waals surface area contributed by atoms with Gasteiger partial charge in [0.15, 0.2) is 0 Å². The van der Waals surface area contributed by atoms with E-state index in [1.807, 2.05) is 6.92 Å². The fraction of sp³-hybridized carbons (Fsp3) is 0.286. The minimum absolute atomic E-state index is 0.238. The van der Waals surface area contributed by atoms with Gasteiger partial charge in [0.05, 0.1) is 6.61 Å². The molecule has 0 aliphatic heterocycles. The number of H-pyrrole nitrogens is 1. The summed E-state index contributed by atoms with van der Waals surface area (Å²) in [6, 6.07) is 5.19. The minimum atomic E-state index is -0.238. The summed E-state index contributed by atoms with van der Waals surface area (Å²) in [6.45, 7) is 2.82. The summed E-state index contributed by atoms with van der Waals surface area (Å²) in [5.41, 5.74) is 6.65. The van der Waals surface area contributed by atoms with E-state index in [0.717, 1.165) is 5.82 Å². The molecule has 2 aromatic rings. The Kier molecular flexibility index (Phi) is 4.60. The standard InChI is InChI=1S/C14H18N4O2/c1-2-20-11-5-3-4-10(15)13(11)14(19)18-7-6-12-16-8-9-17-12/h3-5,8-9H,2,6-7,15H2,1H3,(H,16,17)(H,18,19). The van der Waals surface area contributed by atoms with Crippen molar-refractivity contribution in [3.8, 4) is 5.75 Å². The fourth-order valence-corrected chi connectivity index (χ4v) is 1.88. The number of hydrogen-bond donors (Lipinski definition) is 3. The molecule has 0 unspecified atom stereocenters. The molecular weight excluding hydrogens is 256 g/mol. The summed E-state index contributed by atoms with van der Waals surface area (Å²) in [7, 11) is 0. The van der Waals surface area contributed by atoms with Crippen molar-refractivity contribution in [2.24, 2.45) is 0 Å². The average molecular weight is 274 g/mol. The van der Waals surface area contributed by atoms with Gasteiger partial charge in [-0.1, -0.05) is 6.07 Å². The van der Waals surface area contributed by atoms with E-state index in [4.69, 9.17) is 10.5 Å². The second-order valence-corrected chi connectivity index (χ2v) is 4.20. The molecule has 0 aliphatic rings. The SMILES string of the molecule is CCOc1cccc(N)c1C(=O)NCCc1ncc[nH]1. The van der Waals surface area contributed by atoms with Crippen LogP contribution in [0.1, 0.15) is 23.1 Å². The van der Waals surface area contributed by atoms with Crippen LogP contribution in [0, 0.1) is 0 Å². The zero-order chi connectivity index (χ0) is 14.4. The smallest absolute Gasteiger partial charge is 0.257 e. The van der Waals surface area contributed by atoms with Gasteiger partial charge in [-0.15, -0.1) is 0 Å². The number of aromatic amines is 1. The number of rotatable bonds is 6. The molecule has 6 nitrogen and oxygen atoms in total. The second kappa shape index (κ2) is 6.60. The fourth-order valence-electron chi connectivity index (χ4n) is 1.88. The van der Waals surface area contributed by atoms with E-state index in [9.17, 15) is 4.79 Å². The molecule has 2 rings (SSSR count). The molecule has 4 N–H and O–H groups in total. The topological polar surface area (TPSA) is 93.0 Å². The number of nitrogens with two attached hydrogens (primary N) is 1. The summed E-state index contributed by atoms with van der Waals surface area (Å²) in [6.07, 6.45) is 4.06. The van der Waals surface area contributed by atoms with Gasteiger partial charge in [-0.25, -0.2) is 4.98 Å². The first-order valence-electron chi connectivity index (χ1n) is 6.50. The lowest BCUT2D eigenvalue weighted by Gasteiger charge is -2.12. The van der Waals surface area contributed by atoms with Crippen molar-refractivity contribution in [3.63, 3.8) is 0 Å². The average Bonchev–Trinajstić information content (AvgIpc) is 2.92. The molecule has 0 saturated carbocycles. The van der Waals surface area contributed by atoms with E-state index < -0.39 is 0 Å². The largest absolute Gasteiger partial charge is 0.493 e. The number of aromatic nitrogens is 2. The number of anilines is 1. The van der Waals surface area contributed by atoms with E-state index in [0.29, 0.717) is 36.6 Å². The lowest BCUT2D eigenvalue weighted by Crippen LogP contribution is -2.27. The number of imidazole rings is 1. The van der Waals surface area contributed by atoms with Crippen LogP contribution in [0.5, 0.6) is 5.75 Å². The number of ether oxygens (including phenoxy) is 1. The predicted molar refractivity (Wildman–Crippen MR) is 76.6 cm³/mol. The third-order valence-corrected chi connectivity index (χ3v) is 2.79. The molecule has 1 aromatic carbocycles. The maximum Gasteiger partial charge on any atom is 0.257 e. The van der Waals surface area contributed by atoms with Gasteiger partial charge < -0.3 is 20.8 Å². The van der Waals surface area contributed by atoms with Crippen LogP contribution in [-0.2, 0) is 6.42 Å². The van der Waals surface area contributed by atoms with E-state index in [1.54, 1.807) is 30.6 Å². The van der Waals surface area contributed by atoms with Crippen molar-refractivity contribution in [2.45, 2.75) is 13.3 Å². The number of nitrogen functional groups attached to an aromatic ring is 1. The maximum atomic E-state index is 12.2. The molecule has 0 aliphatic carbocycles. The van der Waals surface area contributed by atoms with E-state index in [-0.39, 0.29) is 5.91 Å². The molecule has 0 atom stereocenters. The normalized spacial score (nSPS) is 10.2. The molecule has 106 valence electrons. The molecule has 0 fully saturated rings. The number of nitrogens with one attached hydrogen (secondary N) is 2. The van der Waals surface area contributed by atoms with Crippen molar-refractivity contribution < 1.29 is 9.53 Å². The molecule has 1 aromatic heterocycles. The first kappa shape index (κ1) is 13.9. The lowest BCUT2D eigenvalue weighted by molar-refractivity contribution is 0.0951. The van der Waals surface area contributed by atoms with Crippen LogP contribution in [-0.4, -0.2) is 29.0 Å². The lowest BCUT2D eigenvalue weighted by atomic mass is 10.1. The molecule has 6 heteroatoms. The van der Waals surface area contributed by atoms with Gasteiger partial charge in [0.2, 0.25) is 0 Å². The van der Waals surface area contributed by atoms with Gasteiger partial charge in [0, 0.05) is 31.0 Å². The van der Waals surface area contributed by atoms with E-state index in [1.165, 1.54) is 0 Å². The van der Waals surface area contributed by atoms with Gasteiger partial charge in [-0.05, 0) is 19.1 Å². The molecule has 20 heavy (non-hydrogen) atoms. The highest BCUT2D eigenvalue weighted by atomic mass is 16.5. The number of carbonyl (C=O) groups excluding carboxylic acids is 1. The Morgan fingerprint density at radius 3 is 3.05 bits per heavy atom. The summed E-state index contributed by atoms with van der Waals surface area (Å²) in [5, 5.41) is 2.82. The zero-order valence-electron chi connectivity index (χ0n) is 11.3. The minimum Gasteiger partial charge on any atom is -0.493 e. The zero-order valence-corrected chi connectivity index (χ0v) is 11.3. The van der Waals surface area contributed by atoms with Gasteiger partial charge in [0.25, 0.3) is 5.91 Å². The highest BCUT2D eigenvalue weighted by Crippen LogP contribution is 2.24. The van der Waals surface area contributed by atoms with Gasteiger partial charge in [-0.2, -0.15) is 0 Å². The molecule has 1 amide bonds. The Balaban J connectivity index is 2.01. The molecule has 0 saturated heterocycles. The van der Waals surface area contributed by atoms with Crippen molar-refractivity contribution >= 4 is 11.6 Å². The number of nitrogens with zero attached hydrogens (tertiary/aromatic N) is 1. The highest BCUT2D eigenvalue weighted by molar-refractivity contribution is 6.01. The van der Waals surface area contributed by atoms with Crippen LogP contribution in [0.2, 0.25) is 0 Å².